The summed E-state index contributed by atoms with van der Waals surface area (Å²) in [5, 5.41) is 8.80. The normalized spacial score (nSPS) is 18.5. The third-order valence-corrected chi connectivity index (χ3v) is 2.39. The van der Waals surface area contributed by atoms with E-state index in [1.807, 2.05) is 4.90 Å². The second-order valence-electron chi connectivity index (χ2n) is 3.35. The minimum absolute atomic E-state index is 0.358. The van der Waals surface area contributed by atoms with Gasteiger partial charge in [0.15, 0.2) is 0 Å². The number of hydrogen-bond donors (Lipinski definition) is 0. The molecule has 0 aliphatic carbocycles. The van der Waals surface area contributed by atoms with Crippen molar-refractivity contribution in [2.45, 2.75) is 25.8 Å². The lowest BCUT2D eigenvalue weighted by molar-refractivity contribution is -0.765. The Morgan fingerprint density at radius 3 is 2.67 bits per heavy atom. The number of ether oxygens (including phenoxy) is 1. The van der Waals surface area contributed by atoms with Crippen molar-refractivity contribution in [1.82, 2.24) is 4.90 Å². The summed E-state index contributed by atoms with van der Waals surface area (Å²) >= 11 is 0. The molecule has 0 aromatic heterocycles. The van der Waals surface area contributed by atoms with E-state index in [2.05, 4.69) is 9.57 Å². The second-order valence-corrected chi connectivity index (χ2v) is 3.35. The van der Waals surface area contributed by atoms with E-state index in [4.69, 9.17) is 0 Å². The van der Waals surface area contributed by atoms with E-state index in [0.717, 1.165) is 25.9 Å². The maximum Gasteiger partial charge on any atom is 0.324 e. The largest absolute Gasteiger partial charge is 0.437 e. The molecule has 86 valence electrons. The van der Waals surface area contributed by atoms with Crippen molar-refractivity contribution >= 4 is 5.97 Å². The minimum Gasteiger partial charge on any atom is -0.437 e. The summed E-state index contributed by atoms with van der Waals surface area (Å²) in [7, 11) is 0. The molecule has 1 heterocycles. The van der Waals surface area contributed by atoms with Gasteiger partial charge in [-0.05, 0) is 32.9 Å². The van der Waals surface area contributed by atoms with Gasteiger partial charge in [0.05, 0.1) is 0 Å². The van der Waals surface area contributed by atoms with Crippen LogP contribution in [0.1, 0.15) is 19.8 Å². The van der Waals surface area contributed by atoms with Crippen LogP contribution in [0.25, 0.3) is 0 Å². The van der Waals surface area contributed by atoms with E-state index < -0.39 is 17.8 Å². The topological polar surface area (TPSA) is 81.9 Å². The third-order valence-electron chi connectivity index (χ3n) is 2.39. The molecule has 7 heteroatoms. The van der Waals surface area contributed by atoms with Gasteiger partial charge in [-0.15, -0.1) is 10.1 Å². The van der Waals surface area contributed by atoms with Gasteiger partial charge >= 0.3 is 5.97 Å². The van der Waals surface area contributed by atoms with Gasteiger partial charge in [0.1, 0.15) is 6.04 Å². The summed E-state index contributed by atoms with van der Waals surface area (Å²) in [5.41, 5.74) is 0. The summed E-state index contributed by atoms with van der Waals surface area (Å²) in [6.45, 7) is 2.82. The Bertz CT molecular complexity index is 239. The SMILES string of the molecule is CC(C(=O)OCO[N+](=O)[O-])N1CCCC1. The summed E-state index contributed by atoms with van der Waals surface area (Å²) in [5.74, 6) is -0.487. The van der Waals surface area contributed by atoms with E-state index in [0.29, 0.717) is 0 Å². The molecule has 0 aromatic carbocycles. The average Bonchev–Trinajstić information content (AvgIpc) is 2.68. The van der Waals surface area contributed by atoms with Crippen molar-refractivity contribution in [2.24, 2.45) is 0 Å². The average molecular weight is 218 g/mol. The Balaban J connectivity index is 2.23. The highest BCUT2D eigenvalue weighted by Crippen LogP contribution is 2.12. The Labute approximate surface area is 87.0 Å². The standard InChI is InChI=1S/C8H14N2O5/c1-7(9-4-2-3-5-9)8(11)14-6-15-10(12)13/h7H,2-6H2,1H3. The summed E-state index contributed by atoms with van der Waals surface area (Å²) in [4.78, 5) is 27.0. The van der Waals surface area contributed by atoms with Crippen LogP contribution in [0.2, 0.25) is 0 Å². The van der Waals surface area contributed by atoms with Gasteiger partial charge in [0.2, 0.25) is 6.79 Å². The van der Waals surface area contributed by atoms with Crippen LogP contribution in [0.4, 0.5) is 0 Å². The first-order chi connectivity index (χ1) is 7.11. The lowest BCUT2D eigenvalue weighted by Crippen LogP contribution is -2.38. The van der Waals surface area contributed by atoms with E-state index in [1.165, 1.54) is 0 Å². The van der Waals surface area contributed by atoms with Crippen molar-refractivity contribution < 1.29 is 19.5 Å². The second kappa shape index (κ2) is 5.50. The van der Waals surface area contributed by atoms with Crippen molar-refractivity contribution in [3.05, 3.63) is 10.1 Å². The Hall–Kier alpha value is -1.37. The summed E-state index contributed by atoms with van der Waals surface area (Å²) in [6.07, 6.45) is 2.14. The van der Waals surface area contributed by atoms with Crippen molar-refractivity contribution in [3.63, 3.8) is 0 Å². The molecule has 1 aliphatic heterocycles. The first kappa shape index (κ1) is 11.7. The fourth-order valence-corrected chi connectivity index (χ4v) is 1.53. The maximum atomic E-state index is 11.3. The van der Waals surface area contributed by atoms with E-state index in [-0.39, 0.29) is 6.04 Å². The Morgan fingerprint density at radius 1 is 1.53 bits per heavy atom. The quantitative estimate of drug-likeness (QED) is 0.283. The predicted molar refractivity (Wildman–Crippen MR) is 49.3 cm³/mol. The van der Waals surface area contributed by atoms with Gasteiger partial charge < -0.3 is 4.74 Å². The number of esters is 1. The van der Waals surface area contributed by atoms with Crippen LogP contribution in [-0.4, -0.2) is 41.9 Å². The molecule has 0 spiro atoms. The van der Waals surface area contributed by atoms with Crippen molar-refractivity contribution in [3.8, 4) is 0 Å². The van der Waals surface area contributed by atoms with E-state index >= 15 is 0 Å². The molecule has 1 rings (SSSR count). The van der Waals surface area contributed by atoms with Crippen LogP contribution in [0.5, 0.6) is 0 Å². The first-order valence-corrected chi connectivity index (χ1v) is 4.79. The van der Waals surface area contributed by atoms with Crippen LogP contribution in [0, 0.1) is 10.1 Å². The number of likely N-dealkylation sites (tertiary alicyclic amines) is 1. The molecular formula is C8H14N2O5. The van der Waals surface area contributed by atoms with E-state index in [1.54, 1.807) is 6.92 Å². The molecule has 1 aliphatic rings. The van der Waals surface area contributed by atoms with Crippen LogP contribution in [0.15, 0.2) is 0 Å². The smallest absolute Gasteiger partial charge is 0.324 e. The lowest BCUT2D eigenvalue weighted by atomic mass is 10.3. The first-order valence-electron chi connectivity index (χ1n) is 4.79. The zero-order valence-corrected chi connectivity index (χ0v) is 8.55. The molecular weight excluding hydrogens is 204 g/mol. The predicted octanol–water partition coefficient (Wildman–Crippen LogP) is 0.180. The summed E-state index contributed by atoms with van der Waals surface area (Å²) in [6, 6.07) is -0.358. The molecule has 0 bridgehead atoms. The molecule has 0 radical (unpaired) electrons. The molecule has 1 atom stereocenters. The van der Waals surface area contributed by atoms with Crippen LogP contribution in [-0.2, 0) is 14.4 Å². The monoisotopic (exact) mass is 218 g/mol. The maximum absolute atomic E-state index is 11.3. The van der Waals surface area contributed by atoms with Crippen LogP contribution in [0.3, 0.4) is 0 Å². The Morgan fingerprint density at radius 2 is 2.13 bits per heavy atom. The zero-order chi connectivity index (χ0) is 11.3. The number of nitrogens with zero attached hydrogens (tertiary/aromatic N) is 2. The minimum atomic E-state index is -0.992. The van der Waals surface area contributed by atoms with Gasteiger partial charge in [-0.3, -0.25) is 14.5 Å². The Kier molecular flexibility index (Phi) is 4.29. The lowest BCUT2D eigenvalue weighted by Gasteiger charge is -2.21. The van der Waals surface area contributed by atoms with Crippen LogP contribution < -0.4 is 0 Å². The van der Waals surface area contributed by atoms with Gasteiger partial charge in [-0.25, -0.2) is 0 Å². The van der Waals surface area contributed by atoms with Gasteiger partial charge in [0, 0.05) is 0 Å². The molecule has 1 fully saturated rings. The van der Waals surface area contributed by atoms with Gasteiger partial charge in [-0.1, -0.05) is 0 Å². The summed E-state index contributed by atoms with van der Waals surface area (Å²) < 4.78 is 4.58. The highest BCUT2D eigenvalue weighted by Gasteiger charge is 2.25. The molecule has 0 aromatic rings. The third kappa shape index (κ3) is 3.70. The molecule has 0 N–H and O–H groups in total. The number of rotatable bonds is 5. The molecule has 1 unspecified atom stereocenters. The number of carbonyl (C=O) groups excluding carboxylic acids is 1. The van der Waals surface area contributed by atoms with Crippen LogP contribution >= 0.6 is 0 Å². The van der Waals surface area contributed by atoms with Crippen molar-refractivity contribution in [2.75, 3.05) is 19.9 Å². The van der Waals surface area contributed by atoms with Gasteiger partial charge in [-0.2, -0.15) is 0 Å². The molecule has 1 saturated heterocycles. The fourth-order valence-electron chi connectivity index (χ4n) is 1.53. The zero-order valence-electron chi connectivity index (χ0n) is 8.55. The molecule has 7 nitrogen and oxygen atoms in total. The molecule has 0 amide bonds. The molecule has 15 heavy (non-hydrogen) atoms. The van der Waals surface area contributed by atoms with Crippen molar-refractivity contribution in [1.29, 1.82) is 0 Å². The van der Waals surface area contributed by atoms with Gasteiger partial charge in [0.25, 0.3) is 5.09 Å². The number of carbonyl (C=O) groups is 1. The molecule has 0 saturated carbocycles. The fraction of sp³-hybridized carbons (Fsp3) is 0.875. The number of hydrogen-bond acceptors (Lipinski definition) is 6. The highest BCUT2D eigenvalue weighted by molar-refractivity contribution is 5.75. The van der Waals surface area contributed by atoms with E-state index in [9.17, 15) is 14.9 Å². The highest BCUT2D eigenvalue weighted by atomic mass is 17.0.